The molecule has 1 atom stereocenters. The van der Waals surface area contributed by atoms with Crippen molar-refractivity contribution in [3.05, 3.63) is 29.8 Å². The summed E-state index contributed by atoms with van der Waals surface area (Å²) in [5.41, 5.74) is 2.42. The molecule has 2 heterocycles. The number of nitrogens with one attached hydrogen (secondary N) is 1. The van der Waals surface area contributed by atoms with Crippen LogP contribution < -0.4 is 10.2 Å². The summed E-state index contributed by atoms with van der Waals surface area (Å²) in [5.74, 6) is 0.224. The zero-order chi connectivity index (χ0) is 15.0. The van der Waals surface area contributed by atoms with E-state index in [1.807, 2.05) is 11.0 Å². The number of anilines is 1. The van der Waals surface area contributed by atoms with Crippen LogP contribution in [0.3, 0.4) is 0 Å². The van der Waals surface area contributed by atoms with Crippen LogP contribution in [0.1, 0.15) is 26.3 Å². The Kier molecular flexibility index (Phi) is 3.76. The monoisotopic (exact) mass is 287 g/mol. The maximum absolute atomic E-state index is 12.7. The number of carbonyl (C=O) groups excluding carboxylic acids is 1. The van der Waals surface area contributed by atoms with Crippen molar-refractivity contribution in [2.45, 2.75) is 32.2 Å². The molecule has 0 bridgehead atoms. The second-order valence-corrected chi connectivity index (χ2v) is 6.97. The van der Waals surface area contributed by atoms with Gasteiger partial charge in [0.25, 0.3) is 0 Å². The lowest BCUT2D eigenvalue weighted by Crippen LogP contribution is -2.52. The van der Waals surface area contributed by atoms with Crippen LogP contribution in [0.15, 0.2) is 24.3 Å². The van der Waals surface area contributed by atoms with Gasteiger partial charge in [-0.15, -0.1) is 0 Å². The second kappa shape index (κ2) is 5.43. The fourth-order valence-corrected chi connectivity index (χ4v) is 3.50. The Balaban J connectivity index is 1.74. The first-order valence-corrected chi connectivity index (χ1v) is 7.83. The van der Waals surface area contributed by atoms with Gasteiger partial charge >= 0.3 is 0 Å². The van der Waals surface area contributed by atoms with Crippen molar-refractivity contribution in [2.24, 2.45) is 0 Å². The number of carbonyl (C=O) groups is 1. The molecule has 4 heteroatoms. The minimum atomic E-state index is 0.0446. The highest BCUT2D eigenvalue weighted by atomic mass is 16.2. The molecule has 0 aromatic heterocycles. The van der Waals surface area contributed by atoms with Gasteiger partial charge in [0.15, 0.2) is 0 Å². The normalized spacial score (nSPS) is 24.9. The molecule has 4 nitrogen and oxygen atoms in total. The highest BCUT2D eigenvalue weighted by Gasteiger charge is 2.37. The Morgan fingerprint density at radius 1 is 1.38 bits per heavy atom. The summed E-state index contributed by atoms with van der Waals surface area (Å²) in [6, 6.07) is 8.77. The average molecular weight is 287 g/mol. The lowest BCUT2D eigenvalue weighted by Gasteiger charge is -2.32. The lowest BCUT2D eigenvalue weighted by molar-refractivity contribution is -0.120. The molecule has 2 aliphatic rings. The van der Waals surface area contributed by atoms with Crippen molar-refractivity contribution >= 4 is 11.6 Å². The van der Waals surface area contributed by atoms with E-state index >= 15 is 0 Å². The number of nitrogens with zero attached hydrogens (tertiary/aromatic N) is 2. The number of amides is 1. The molecule has 0 radical (unpaired) electrons. The highest BCUT2D eigenvalue weighted by Crippen LogP contribution is 2.40. The quantitative estimate of drug-likeness (QED) is 0.897. The standard InChI is InChI=1S/C17H25N3O/c1-13-10-19(9-8-18-13)11-16(21)20-12-17(2,3)14-6-4-5-7-15(14)20/h4-7,13,18H,8-12H2,1-3H3/t13-/m1/s1. The molecule has 1 fully saturated rings. The minimum absolute atomic E-state index is 0.0446. The van der Waals surface area contributed by atoms with Gasteiger partial charge in [0, 0.05) is 43.3 Å². The van der Waals surface area contributed by atoms with Gasteiger partial charge in [-0.05, 0) is 18.6 Å². The number of hydrogen-bond donors (Lipinski definition) is 1. The van der Waals surface area contributed by atoms with E-state index in [1.165, 1.54) is 5.56 Å². The van der Waals surface area contributed by atoms with E-state index in [1.54, 1.807) is 0 Å². The number of hydrogen-bond acceptors (Lipinski definition) is 3. The Morgan fingerprint density at radius 3 is 2.90 bits per heavy atom. The van der Waals surface area contributed by atoms with E-state index in [9.17, 15) is 4.79 Å². The van der Waals surface area contributed by atoms with Gasteiger partial charge in [-0.25, -0.2) is 0 Å². The van der Waals surface area contributed by atoms with Crippen LogP contribution in [0.4, 0.5) is 5.69 Å². The maximum atomic E-state index is 12.7. The fourth-order valence-electron chi connectivity index (χ4n) is 3.50. The van der Waals surface area contributed by atoms with Crippen molar-refractivity contribution in [3.63, 3.8) is 0 Å². The predicted octanol–water partition coefficient (Wildman–Crippen LogP) is 1.60. The number of piperazine rings is 1. The first kappa shape index (κ1) is 14.5. The first-order chi connectivity index (χ1) is 9.97. The van der Waals surface area contributed by atoms with Gasteiger partial charge < -0.3 is 10.2 Å². The van der Waals surface area contributed by atoms with Crippen LogP contribution in [0.25, 0.3) is 0 Å². The zero-order valence-electron chi connectivity index (χ0n) is 13.2. The van der Waals surface area contributed by atoms with Gasteiger partial charge in [0.05, 0.1) is 6.54 Å². The molecule has 114 valence electrons. The van der Waals surface area contributed by atoms with E-state index in [0.29, 0.717) is 12.6 Å². The van der Waals surface area contributed by atoms with Gasteiger partial charge in [0.1, 0.15) is 0 Å². The number of fused-ring (bicyclic) bond motifs is 1. The summed E-state index contributed by atoms with van der Waals surface area (Å²) < 4.78 is 0. The minimum Gasteiger partial charge on any atom is -0.312 e. The molecule has 0 spiro atoms. The predicted molar refractivity (Wildman–Crippen MR) is 85.7 cm³/mol. The third-order valence-corrected chi connectivity index (χ3v) is 4.59. The molecule has 3 rings (SSSR count). The van der Waals surface area contributed by atoms with Crippen LogP contribution in [-0.4, -0.2) is 49.6 Å². The second-order valence-electron chi connectivity index (χ2n) is 6.97. The molecule has 2 aliphatic heterocycles. The topological polar surface area (TPSA) is 35.6 Å². The molecule has 21 heavy (non-hydrogen) atoms. The fraction of sp³-hybridized carbons (Fsp3) is 0.588. The number of para-hydroxylation sites is 1. The zero-order valence-corrected chi connectivity index (χ0v) is 13.2. The average Bonchev–Trinajstić information content (AvgIpc) is 2.72. The first-order valence-electron chi connectivity index (χ1n) is 7.83. The van der Waals surface area contributed by atoms with Crippen LogP contribution in [-0.2, 0) is 10.2 Å². The van der Waals surface area contributed by atoms with Crippen molar-refractivity contribution in [1.82, 2.24) is 10.2 Å². The number of benzene rings is 1. The third kappa shape index (κ3) is 2.83. The van der Waals surface area contributed by atoms with Gasteiger partial charge in [-0.2, -0.15) is 0 Å². The highest BCUT2D eigenvalue weighted by molar-refractivity contribution is 5.97. The van der Waals surface area contributed by atoms with E-state index in [2.05, 4.69) is 49.2 Å². The lowest BCUT2D eigenvalue weighted by atomic mass is 9.87. The van der Waals surface area contributed by atoms with Crippen molar-refractivity contribution in [3.8, 4) is 0 Å². The van der Waals surface area contributed by atoms with E-state index in [-0.39, 0.29) is 11.3 Å². The maximum Gasteiger partial charge on any atom is 0.241 e. The number of rotatable bonds is 2. The Labute approximate surface area is 127 Å². The Hall–Kier alpha value is -1.39. The molecule has 1 aromatic carbocycles. The van der Waals surface area contributed by atoms with E-state index < -0.39 is 0 Å². The van der Waals surface area contributed by atoms with E-state index in [0.717, 1.165) is 31.9 Å². The van der Waals surface area contributed by atoms with Crippen molar-refractivity contribution in [1.29, 1.82) is 0 Å². The van der Waals surface area contributed by atoms with Crippen molar-refractivity contribution < 1.29 is 4.79 Å². The molecule has 1 amide bonds. The van der Waals surface area contributed by atoms with E-state index in [4.69, 9.17) is 0 Å². The Bertz CT molecular complexity index is 541. The summed E-state index contributed by atoms with van der Waals surface area (Å²) in [4.78, 5) is 17.0. The summed E-state index contributed by atoms with van der Waals surface area (Å²) in [6.07, 6.45) is 0. The SMILES string of the molecule is C[C@@H]1CN(CC(=O)N2CC(C)(C)c3ccccc32)CCN1. The van der Waals surface area contributed by atoms with Crippen LogP contribution >= 0.6 is 0 Å². The summed E-state index contributed by atoms with van der Waals surface area (Å²) in [7, 11) is 0. The van der Waals surface area contributed by atoms with Gasteiger partial charge in [-0.1, -0.05) is 32.0 Å². The summed E-state index contributed by atoms with van der Waals surface area (Å²) in [6.45, 7) is 10.8. The molecule has 1 aromatic rings. The molecule has 1 N–H and O–H groups in total. The Morgan fingerprint density at radius 2 is 2.14 bits per heavy atom. The summed E-state index contributed by atoms with van der Waals surface area (Å²) in [5, 5.41) is 3.42. The molecule has 0 saturated carbocycles. The van der Waals surface area contributed by atoms with Crippen LogP contribution in [0.2, 0.25) is 0 Å². The molecular formula is C17H25N3O. The molecular weight excluding hydrogens is 262 g/mol. The molecule has 1 saturated heterocycles. The van der Waals surface area contributed by atoms with Crippen LogP contribution in [0, 0.1) is 0 Å². The summed E-state index contributed by atoms with van der Waals surface area (Å²) >= 11 is 0. The molecule has 0 aliphatic carbocycles. The molecule has 0 unspecified atom stereocenters. The van der Waals surface area contributed by atoms with Gasteiger partial charge in [0.2, 0.25) is 5.91 Å². The van der Waals surface area contributed by atoms with Crippen LogP contribution in [0.5, 0.6) is 0 Å². The smallest absolute Gasteiger partial charge is 0.241 e. The third-order valence-electron chi connectivity index (χ3n) is 4.59. The van der Waals surface area contributed by atoms with Crippen molar-refractivity contribution in [2.75, 3.05) is 37.6 Å². The van der Waals surface area contributed by atoms with Gasteiger partial charge in [-0.3, -0.25) is 9.69 Å². The largest absolute Gasteiger partial charge is 0.312 e.